The number of hydrogen-bond acceptors (Lipinski definition) is 12. The van der Waals surface area contributed by atoms with E-state index in [0.29, 0.717) is 12.1 Å². The maximum Gasteiger partial charge on any atom is 0.352 e. The molecule has 0 spiro atoms. The zero-order valence-corrected chi connectivity index (χ0v) is 24.7. The van der Waals surface area contributed by atoms with Crippen LogP contribution in [0.3, 0.4) is 0 Å². The fourth-order valence-corrected chi connectivity index (χ4v) is 6.43. The molecule has 7 N–H and O–H groups in total. The van der Waals surface area contributed by atoms with Gasteiger partial charge < -0.3 is 36.3 Å². The Hall–Kier alpha value is -5.42. The molecule has 5 rings (SSSR count). The fourth-order valence-electron chi connectivity index (χ4n) is 4.56. The zero-order valence-electron chi connectivity index (χ0n) is 23.1. The highest BCUT2D eigenvalue weighted by Crippen LogP contribution is 2.40. The van der Waals surface area contributed by atoms with Gasteiger partial charge in [0.2, 0.25) is 0 Å². The SMILES string of the molecule is Nc1nc(/C(=N/OCc2cc(O)c(O)cc2C(=O)O)C(=O)NC2C(=O)N3C(C(=O)O)=C(/C=C/C[n+]4ccccc4)CS[C@H]23)cs1. The van der Waals surface area contributed by atoms with Gasteiger partial charge in [-0.25, -0.2) is 19.1 Å². The van der Waals surface area contributed by atoms with Crippen LogP contribution in [0.5, 0.6) is 11.5 Å². The highest BCUT2D eigenvalue weighted by atomic mass is 32.2. The minimum absolute atomic E-state index is 0.0109. The second-order valence-electron chi connectivity index (χ2n) is 9.60. The number of thioether (sulfide) groups is 1. The number of phenols is 2. The Labute approximate surface area is 262 Å². The van der Waals surface area contributed by atoms with Crippen molar-refractivity contribution in [3.05, 3.63) is 88.3 Å². The fraction of sp³-hybridized carbons (Fsp3) is 0.179. The predicted octanol–water partition coefficient (Wildman–Crippen LogP) is 1.04. The number of oxime groups is 1. The molecule has 2 atom stereocenters. The first kappa shape index (κ1) is 31.0. The molecular weight excluding hydrogens is 628 g/mol. The number of amides is 2. The third-order valence-electron chi connectivity index (χ3n) is 6.69. The van der Waals surface area contributed by atoms with Crippen LogP contribution in [0.1, 0.15) is 21.6 Å². The number of nitrogens with zero attached hydrogens (tertiary/aromatic N) is 4. The van der Waals surface area contributed by atoms with Crippen molar-refractivity contribution < 1.29 is 49.0 Å². The average molecular weight is 654 g/mol. The van der Waals surface area contributed by atoms with Gasteiger partial charge in [0.25, 0.3) is 11.8 Å². The van der Waals surface area contributed by atoms with Gasteiger partial charge in [0.15, 0.2) is 41.3 Å². The molecule has 2 amide bonds. The molecule has 1 fully saturated rings. The van der Waals surface area contributed by atoms with Gasteiger partial charge in [-0.3, -0.25) is 14.5 Å². The largest absolute Gasteiger partial charge is 0.504 e. The zero-order chi connectivity index (χ0) is 32.2. The van der Waals surface area contributed by atoms with Crippen molar-refractivity contribution in [2.45, 2.75) is 24.6 Å². The van der Waals surface area contributed by atoms with E-state index in [1.54, 1.807) is 12.2 Å². The van der Waals surface area contributed by atoms with Gasteiger partial charge >= 0.3 is 11.9 Å². The lowest BCUT2D eigenvalue weighted by Gasteiger charge is -2.49. The molecule has 1 saturated heterocycles. The van der Waals surface area contributed by atoms with Crippen molar-refractivity contribution in [1.29, 1.82) is 0 Å². The number of aromatic nitrogens is 2. The summed E-state index contributed by atoms with van der Waals surface area (Å²) in [6.45, 7) is -0.0267. The van der Waals surface area contributed by atoms with Crippen molar-refractivity contribution in [2.75, 3.05) is 11.5 Å². The number of phenolic OH excluding ortho intramolecular Hbond substituents is 2. The number of anilines is 1. The van der Waals surface area contributed by atoms with Crippen LogP contribution in [-0.4, -0.2) is 76.9 Å². The third kappa shape index (κ3) is 6.58. The van der Waals surface area contributed by atoms with E-state index in [4.69, 9.17) is 10.6 Å². The molecule has 17 heteroatoms. The van der Waals surface area contributed by atoms with Crippen LogP contribution in [0.4, 0.5) is 5.13 Å². The van der Waals surface area contributed by atoms with E-state index in [1.165, 1.54) is 17.1 Å². The lowest BCUT2D eigenvalue weighted by Crippen LogP contribution is -2.71. The van der Waals surface area contributed by atoms with Crippen LogP contribution >= 0.6 is 23.1 Å². The van der Waals surface area contributed by atoms with E-state index < -0.39 is 53.3 Å². The lowest BCUT2D eigenvalue weighted by atomic mass is 10.0. The Morgan fingerprint density at radius 3 is 2.56 bits per heavy atom. The van der Waals surface area contributed by atoms with Gasteiger partial charge in [-0.1, -0.05) is 17.3 Å². The summed E-state index contributed by atoms with van der Waals surface area (Å²) >= 11 is 2.29. The highest BCUT2D eigenvalue weighted by Gasteiger charge is 2.54. The quantitative estimate of drug-likeness (QED) is 0.0561. The maximum atomic E-state index is 13.4. The Balaban J connectivity index is 1.32. The van der Waals surface area contributed by atoms with Crippen molar-refractivity contribution in [3.63, 3.8) is 0 Å². The van der Waals surface area contributed by atoms with E-state index in [9.17, 15) is 39.6 Å². The number of fused-ring (bicyclic) bond motifs is 1. The van der Waals surface area contributed by atoms with Gasteiger partial charge in [0, 0.05) is 28.8 Å². The smallest absolute Gasteiger partial charge is 0.352 e. The van der Waals surface area contributed by atoms with Gasteiger partial charge in [-0.2, -0.15) is 0 Å². The molecule has 0 radical (unpaired) electrons. The summed E-state index contributed by atoms with van der Waals surface area (Å²) in [6.07, 6.45) is 7.19. The number of benzene rings is 1. The van der Waals surface area contributed by atoms with Crippen molar-refractivity contribution in [2.24, 2.45) is 5.16 Å². The van der Waals surface area contributed by atoms with Crippen molar-refractivity contribution in [3.8, 4) is 11.5 Å². The van der Waals surface area contributed by atoms with Crippen molar-refractivity contribution >= 4 is 57.7 Å². The summed E-state index contributed by atoms with van der Waals surface area (Å²) < 4.78 is 1.90. The highest BCUT2D eigenvalue weighted by molar-refractivity contribution is 8.00. The van der Waals surface area contributed by atoms with Gasteiger partial charge in [0.1, 0.15) is 29.4 Å². The number of carbonyl (C=O) groups is 4. The predicted molar refractivity (Wildman–Crippen MR) is 160 cm³/mol. The molecule has 2 aromatic heterocycles. The van der Waals surface area contributed by atoms with Crippen LogP contribution in [0.25, 0.3) is 0 Å². The number of aromatic hydroxyl groups is 2. The number of nitrogens with two attached hydrogens (primary N) is 1. The lowest BCUT2D eigenvalue weighted by molar-refractivity contribution is -0.687. The van der Waals surface area contributed by atoms with Crippen LogP contribution in [0.2, 0.25) is 0 Å². The molecule has 0 saturated carbocycles. The average Bonchev–Trinajstić information content (AvgIpc) is 3.44. The minimum Gasteiger partial charge on any atom is -0.504 e. The van der Waals surface area contributed by atoms with E-state index >= 15 is 0 Å². The first-order valence-corrected chi connectivity index (χ1v) is 15.0. The Morgan fingerprint density at radius 1 is 1.16 bits per heavy atom. The summed E-state index contributed by atoms with van der Waals surface area (Å²) in [5.41, 5.74) is 5.22. The van der Waals surface area contributed by atoms with Gasteiger partial charge in [-0.05, 0) is 23.8 Å². The number of nitrogen functional groups attached to an aromatic ring is 1. The number of aliphatic carboxylic acids is 1. The van der Waals surface area contributed by atoms with Gasteiger partial charge in [-0.15, -0.1) is 23.1 Å². The van der Waals surface area contributed by atoms with E-state index in [0.717, 1.165) is 28.4 Å². The molecule has 3 aromatic rings. The molecule has 0 aliphatic carbocycles. The second-order valence-corrected chi connectivity index (χ2v) is 11.6. The van der Waals surface area contributed by atoms with Crippen LogP contribution in [-0.2, 0) is 32.4 Å². The third-order valence-corrected chi connectivity index (χ3v) is 8.66. The summed E-state index contributed by atoms with van der Waals surface area (Å²) in [4.78, 5) is 60.7. The molecule has 15 nitrogen and oxygen atoms in total. The summed E-state index contributed by atoms with van der Waals surface area (Å²) in [7, 11) is 0. The maximum absolute atomic E-state index is 13.4. The molecule has 4 heterocycles. The topological polar surface area (TPSA) is 229 Å². The number of carboxylic acids is 2. The monoisotopic (exact) mass is 653 g/mol. The molecular formula is C28H25N6O9S2+. The number of nitrogens with one attached hydrogen (secondary N) is 1. The Bertz CT molecular complexity index is 1770. The number of rotatable bonds is 11. The van der Waals surface area contributed by atoms with Crippen molar-refractivity contribution in [1.82, 2.24) is 15.2 Å². The van der Waals surface area contributed by atoms with Crippen LogP contribution in [0.15, 0.2) is 76.7 Å². The first-order chi connectivity index (χ1) is 21.5. The first-order valence-electron chi connectivity index (χ1n) is 13.1. The standard InChI is InChI=1S/C28H24N6O9S2/c29-28-30-17(13-45-28)20(32-43-11-15-9-18(35)19(36)10-16(15)26(39)40)23(37)31-21-24(38)34-22(27(41)42)14(12-44-25(21)34)5-4-8-33-6-2-1-3-7-33/h1-7,9-10,13,21,25H,8,11-12H2,(H6-,29,30,31,32,35,36,37,39,40,41,42)/p+1/b5-4+/t21?,25-/m1/s1. The summed E-state index contributed by atoms with van der Waals surface area (Å²) in [5.74, 6) is -5.15. The molecule has 1 aromatic carbocycles. The summed E-state index contributed by atoms with van der Waals surface area (Å²) in [6, 6.07) is 6.35. The van der Waals surface area contributed by atoms with Gasteiger partial charge in [0.05, 0.1) is 5.56 Å². The van der Waals surface area contributed by atoms with E-state index in [-0.39, 0.29) is 39.1 Å². The molecule has 0 bridgehead atoms. The Kier molecular flexibility index (Phi) is 9.01. The summed E-state index contributed by atoms with van der Waals surface area (Å²) in [5, 5.41) is 46.0. The number of allylic oxidation sites excluding steroid dienone is 2. The van der Waals surface area contributed by atoms with Crippen LogP contribution in [0, 0.1) is 0 Å². The molecule has 2 aliphatic rings. The minimum atomic E-state index is -1.40. The number of hydrogen-bond donors (Lipinski definition) is 6. The number of thiazole rings is 1. The number of pyridine rings is 1. The van der Waals surface area contributed by atoms with Crippen LogP contribution < -0.4 is 15.6 Å². The number of aromatic carboxylic acids is 1. The molecule has 2 aliphatic heterocycles. The molecule has 232 valence electrons. The second kappa shape index (κ2) is 13.1. The number of carbonyl (C=O) groups excluding carboxylic acids is 2. The van der Waals surface area contributed by atoms with E-state index in [1.807, 2.05) is 35.2 Å². The molecule has 1 unspecified atom stereocenters. The number of carboxylic acid groups (broad SMARTS) is 2. The normalized spacial score (nSPS) is 18.0. The van der Waals surface area contributed by atoms with E-state index in [2.05, 4.69) is 15.5 Å². The molecule has 45 heavy (non-hydrogen) atoms. The number of β-lactam (4-membered cyclic amide) rings is 1. The Morgan fingerprint density at radius 2 is 1.89 bits per heavy atom.